The molecule has 0 radical (unpaired) electrons. The van der Waals surface area contributed by atoms with Crippen molar-refractivity contribution in [1.29, 1.82) is 0 Å². The molecule has 0 fully saturated rings. The molecular weight excluding hydrogens is 391 g/mol. The lowest BCUT2D eigenvalue weighted by molar-refractivity contribution is 0.0730. The highest BCUT2D eigenvalue weighted by Crippen LogP contribution is 2.25. The zero-order valence-electron chi connectivity index (χ0n) is 14.0. The van der Waals surface area contributed by atoms with Crippen LogP contribution in [0.4, 0.5) is 0 Å². The highest BCUT2D eigenvalue weighted by atomic mass is 35.5. The van der Waals surface area contributed by atoms with Crippen molar-refractivity contribution in [2.75, 3.05) is 7.11 Å². The number of ether oxygens (including phenoxy) is 1. The molecule has 0 aliphatic carbocycles. The summed E-state index contributed by atoms with van der Waals surface area (Å²) in [6.45, 7) is 0.885. The topological polar surface area (TPSA) is 42.4 Å². The molecule has 4 nitrogen and oxygen atoms in total. The Bertz CT molecular complexity index is 900. The van der Waals surface area contributed by atoms with Crippen molar-refractivity contribution in [3.63, 3.8) is 0 Å². The number of para-hydroxylation sites is 1. The summed E-state index contributed by atoms with van der Waals surface area (Å²) in [6, 6.07) is 13.2. The summed E-state index contributed by atoms with van der Waals surface area (Å²) in [7, 11) is 1.62. The Balaban J connectivity index is 1.91. The quantitative estimate of drug-likeness (QED) is 0.521. The van der Waals surface area contributed by atoms with Gasteiger partial charge in [0, 0.05) is 16.6 Å². The van der Waals surface area contributed by atoms with E-state index in [-0.39, 0.29) is 16.1 Å². The first-order chi connectivity index (χ1) is 12.6. The van der Waals surface area contributed by atoms with Crippen LogP contribution in [0.2, 0.25) is 10.2 Å². The lowest BCUT2D eigenvalue weighted by Crippen LogP contribution is -2.30. The van der Waals surface area contributed by atoms with E-state index in [1.807, 2.05) is 41.8 Å². The molecule has 2 heterocycles. The molecular formula is C19H16Cl2N2O2S. The van der Waals surface area contributed by atoms with Gasteiger partial charge in [-0.3, -0.25) is 4.79 Å². The molecule has 0 saturated heterocycles. The lowest BCUT2D eigenvalue weighted by Gasteiger charge is -2.23. The van der Waals surface area contributed by atoms with Crippen LogP contribution < -0.4 is 4.74 Å². The van der Waals surface area contributed by atoms with E-state index >= 15 is 0 Å². The van der Waals surface area contributed by atoms with Crippen molar-refractivity contribution >= 4 is 40.4 Å². The lowest BCUT2D eigenvalue weighted by atomic mass is 10.1. The second kappa shape index (κ2) is 8.54. The summed E-state index contributed by atoms with van der Waals surface area (Å²) < 4.78 is 5.42. The number of thiophene rings is 1. The van der Waals surface area contributed by atoms with Crippen LogP contribution in [-0.4, -0.2) is 22.9 Å². The number of nitrogens with zero attached hydrogens (tertiary/aromatic N) is 2. The first-order valence-electron chi connectivity index (χ1n) is 7.83. The van der Waals surface area contributed by atoms with Crippen molar-refractivity contribution in [3.8, 4) is 5.75 Å². The normalized spacial score (nSPS) is 10.6. The molecule has 0 spiro atoms. The van der Waals surface area contributed by atoms with Gasteiger partial charge in [-0.2, -0.15) is 0 Å². The van der Waals surface area contributed by atoms with Crippen molar-refractivity contribution < 1.29 is 9.53 Å². The van der Waals surface area contributed by atoms with Gasteiger partial charge in [0.15, 0.2) is 0 Å². The first-order valence-corrected chi connectivity index (χ1v) is 9.46. The molecule has 2 aromatic heterocycles. The fraction of sp³-hybridized carbons (Fsp3) is 0.158. The number of aromatic nitrogens is 1. The number of hydrogen-bond donors (Lipinski definition) is 0. The number of carbonyl (C=O) groups is 1. The third-order valence-corrected chi connectivity index (χ3v) is 5.36. The van der Waals surface area contributed by atoms with E-state index in [2.05, 4.69) is 4.98 Å². The van der Waals surface area contributed by atoms with Gasteiger partial charge in [0.25, 0.3) is 5.91 Å². The Hall–Kier alpha value is -2.08. The van der Waals surface area contributed by atoms with Gasteiger partial charge in [0.2, 0.25) is 0 Å². The van der Waals surface area contributed by atoms with Gasteiger partial charge in [-0.1, -0.05) is 47.5 Å². The summed E-state index contributed by atoms with van der Waals surface area (Å²) in [5, 5.41) is 2.42. The predicted octanol–water partition coefficient (Wildman–Crippen LogP) is 5.30. The van der Waals surface area contributed by atoms with Gasteiger partial charge >= 0.3 is 0 Å². The summed E-state index contributed by atoms with van der Waals surface area (Å²) in [6.07, 6.45) is 1.44. The van der Waals surface area contributed by atoms with Crippen LogP contribution in [0, 0.1) is 0 Å². The fourth-order valence-electron chi connectivity index (χ4n) is 2.55. The van der Waals surface area contributed by atoms with E-state index in [9.17, 15) is 4.79 Å². The van der Waals surface area contributed by atoms with E-state index in [0.29, 0.717) is 18.7 Å². The van der Waals surface area contributed by atoms with Gasteiger partial charge in [0.05, 0.1) is 30.8 Å². The second-order valence-corrected chi connectivity index (χ2v) is 7.35. The molecule has 0 saturated carbocycles. The molecule has 0 bridgehead atoms. The molecule has 3 aromatic rings. The van der Waals surface area contributed by atoms with E-state index in [1.54, 1.807) is 29.4 Å². The van der Waals surface area contributed by atoms with Gasteiger partial charge in [0.1, 0.15) is 10.9 Å². The third kappa shape index (κ3) is 4.36. The summed E-state index contributed by atoms with van der Waals surface area (Å²) in [4.78, 5) is 19.9. The summed E-state index contributed by atoms with van der Waals surface area (Å²) >= 11 is 13.5. The van der Waals surface area contributed by atoms with Crippen molar-refractivity contribution in [3.05, 3.63) is 80.2 Å². The van der Waals surface area contributed by atoms with Crippen LogP contribution in [-0.2, 0) is 13.1 Å². The molecule has 1 amide bonds. The Morgan fingerprint density at radius 1 is 1.19 bits per heavy atom. The number of pyridine rings is 1. The Labute approximate surface area is 166 Å². The highest BCUT2D eigenvalue weighted by molar-refractivity contribution is 7.09. The average molecular weight is 407 g/mol. The molecule has 1 aromatic carbocycles. The van der Waals surface area contributed by atoms with Crippen molar-refractivity contribution in [2.45, 2.75) is 13.1 Å². The van der Waals surface area contributed by atoms with Crippen LogP contribution in [0.1, 0.15) is 20.8 Å². The van der Waals surface area contributed by atoms with E-state index < -0.39 is 0 Å². The molecule has 3 rings (SSSR count). The standard InChI is InChI=1S/C19H16Cl2N2O2S/c1-25-17-7-3-2-5-13(17)11-23(12-15-6-4-8-26-15)19(24)14-9-16(20)18(21)22-10-14/h2-10H,11-12H2,1H3. The largest absolute Gasteiger partial charge is 0.496 e. The molecule has 0 aliphatic heterocycles. The molecule has 7 heteroatoms. The number of rotatable bonds is 6. The number of methoxy groups -OCH3 is 1. The molecule has 0 aliphatic rings. The minimum absolute atomic E-state index is 0.171. The minimum Gasteiger partial charge on any atom is -0.496 e. The van der Waals surface area contributed by atoms with E-state index in [1.165, 1.54) is 6.20 Å². The van der Waals surface area contributed by atoms with Crippen LogP contribution in [0.15, 0.2) is 54.0 Å². The first kappa shape index (κ1) is 18.7. The highest BCUT2D eigenvalue weighted by Gasteiger charge is 2.20. The van der Waals surface area contributed by atoms with Crippen molar-refractivity contribution in [1.82, 2.24) is 9.88 Å². The predicted molar refractivity (Wildman–Crippen MR) is 105 cm³/mol. The molecule has 26 heavy (non-hydrogen) atoms. The number of amides is 1. The van der Waals surface area contributed by atoms with E-state index in [0.717, 1.165) is 16.2 Å². The van der Waals surface area contributed by atoms with Gasteiger partial charge in [-0.15, -0.1) is 11.3 Å². The summed E-state index contributed by atoms with van der Waals surface area (Å²) in [5.41, 5.74) is 1.32. The van der Waals surface area contributed by atoms with Gasteiger partial charge in [-0.25, -0.2) is 4.98 Å². The molecule has 0 atom stereocenters. The maximum absolute atomic E-state index is 13.1. The van der Waals surface area contributed by atoms with Crippen LogP contribution >= 0.6 is 34.5 Å². The van der Waals surface area contributed by atoms with E-state index in [4.69, 9.17) is 27.9 Å². The number of carbonyl (C=O) groups excluding carboxylic acids is 1. The monoisotopic (exact) mass is 406 g/mol. The smallest absolute Gasteiger partial charge is 0.256 e. The Morgan fingerprint density at radius 2 is 2.00 bits per heavy atom. The molecule has 134 valence electrons. The Kier molecular flexibility index (Phi) is 6.14. The van der Waals surface area contributed by atoms with Gasteiger partial charge < -0.3 is 9.64 Å². The second-order valence-electron chi connectivity index (χ2n) is 5.55. The molecule has 0 unspecified atom stereocenters. The maximum Gasteiger partial charge on any atom is 0.256 e. The zero-order chi connectivity index (χ0) is 18.5. The minimum atomic E-state index is -0.171. The third-order valence-electron chi connectivity index (χ3n) is 3.81. The number of hydrogen-bond acceptors (Lipinski definition) is 4. The Morgan fingerprint density at radius 3 is 2.69 bits per heavy atom. The van der Waals surface area contributed by atoms with Crippen molar-refractivity contribution in [2.24, 2.45) is 0 Å². The fourth-order valence-corrected chi connectivity index (χ4v) is 3.54. The number of benzene rings is 1. The zero-order valence-corrected chi connectivity index (χ0v) is 16.3. The van der Waals surface area contributed by atoms with Crippen LogP contribution in [0.25, 0.3) is 0 Å². The maximum atomic E-state index is 13.1. The van der Waals surface area contributed by atoms with Crippen LogP contribution in [0.5, 0.6) is 5.75 Å². The summed E-state index contributed by atoms with van der Waals surface area (Å²) in [5.74, 6) is 0.569. The van der Waals surface area contributed by atoms with Crippen LogP contribution in [0.3, 0.4) is 0 Å². The molecule has 0 N–H and O–H groups in total. The SMILES string of the molecule is COc1ccccc1CN(Cc1cccs1)C(=O)c1cnc(Cl)c(Cl)c1. The number of halogens is 2. The van der Waals surface area contributed by atoms with Gasteiger partial charge in [-0.05, 0) is 23.6 Å². The average Bonchev–Trinajstić information content (AvgIpc) is 3.16.